The normalized spacial score (nSPS) is 12.5. The molecule has 0 heterocycles. The van der Waals surface area contributed by atoms with E-state index in [2.05, 4.69) is 4.90 Å². The van der Waals surface area contributed by atoms with Crippen LogP contribution in [0.3, 0.4) is 0 Å². The van der Waals surface area contributed by atoms with Gasteiger partial charge in [-0.15, -0.1) is 0 Å². The van der Waals surface area contributed by atoms with Gasteiger partial charge in [-0.3, -0.25) is 4.90 Å². The Labute approximate surface area is 102 Å². The lowest BCUT2D eigenvalue weighted by Crippen LogP contribution is -2.36. The maximum Gasteiger partial charge on any atom is 0.341 e. The van der Waals surface area contributed by atoms with Crippen LogP contribution in [0.5, 0.6) is 0 Å². The third-order valence-corrected chi connectivity index (χ3v) is 2.78. The SMILES string of the molecule is CCN(CC)C(C)OC(=O)c1ccccc1N. The Kier molecular flexibility index (Phi) is 4.97. The summed E-state index contributed by atoms with van der Waals surface area (Å²) in [6, 6.07) is 6.93. The first-order valence-corrected chi connectivity index (χ1v) is 5.89. The number of hydrogen-bond acceptors (Lipinski definition) is 4. The monoisotopic (exact) mass is 236 g/mol. The van der Waals surface area contributed by atoms with E-state index in [0.29, 0.717) is 11.3 Å². The topological polar surface area (TPSA) is 55.6 Å². The predicted octanol–water partition coefficient (Wildman–Crippen LogP) is 2.11. The van der Waals surface area contributed by atoms with Gasteiger partial charge in [-0.1, -0.05) is 26.0 Å². The highest BCUT2D eigenvalue weighted by Crippen LogP contribution is 2.13. The van der Waals surface area contributed by atoms with Gasteiger partial charge in [0.05, 0.1) is 5.56 Å². The Bertz CT molecular complexity index is 375. The zero-order valence-corrected chi connectivity index (χ0v) is 10.6. The smallest absolute Gasteiger partial charge is 0.341 e. The highest BCUT2D eigenvalue weighted by atomic mass is 16.6. The largest absolute Gasteiger partial charge is 0.443 e. The van der Waals surface area contributed by atoms with Gasteiger partial charge in [0.1, 0.15) is 0 Å². The molecular weight excluding hydrogens is 216 g/mol. The average Bonchev–Trinajstić information content (AvgIpc) is 2.31. The third kappa shape index (κ3) is 3.46. The van der Waals surface area contributed by atoms with Crippen LogP contribution in [0.4, 0.5) is 5.69 Å². The van der Waals surface area contributed by atoms with Crippen molar-refractivity contribution in [2.45, 2.75) is 27.0 Å². The fraction of sp³-hybridized carbons (Fsp3) is 0.462. The standard InChI is InChI=1S/C13H20N2O2/c1-4-15(5-2)10(3)17-13(16)11-8-6-7-9-12(11)14/h6-10H,4-5,14H2,1-3H3. The first kappa shape index (κ1) is 13.5. The van der Waals surface area contributed by atoms with Crippen molar-refractivity contribution < 1.29 is 9.53 Å². The lowest BCUT2D eigenvalue weighted by atomic mass is 10.2. The van der Waals surface area contributed by atoms with Crippen molar-refractivity contribution >= 4 is 11.7 Å². The Hall–Kier alpha value is -1.55. The van der Waals surface area contributed by atoms with Crippen molar-refractivity contribution in [1.82, 2.24) is 4.90 Å². The molecule has 94 valence electrons. The molecule has 0 radical (unpaired) electrons. The molecule has 4 nitrogen and oxygen atoms in total. The molecule has 0 aliphatic heterocycles. The van der Waals surface area contributed by atoms with Gasteiger partial charge in [0, 0.05) is 5.69 Å². The van der Waals surface area contributed by atoms with Crippen molar-refractivity contribution in [3.05, 3.63) is 29.8 Å². The van der Waals surface area contributed by atoms with E-state index in [9.17, 15) is 4.79 Å². The molecule has 1 rings (SSSR count). The molecule has 2 N–H and O–H groups in total. The molecule has 0 aliphatic rings. The van der Waals surface area contributed by atoms with E-state index < -0.39 is 0 Å². The minimum Gasteiger partial charge on any atom is -0.443 e. The number of nitrogens with two attached hydrogens (primary N) is 1. The molecule has 1 unspecified atom stereocenters. The summed E-state index contributed by atoms with van der Waals surface area (Å²) in [5, 5.41) is 0. The second-order valence-corrected chi connectivity index (χ2v) is 3.81. The van der Waals surface area contributed by atoms with Crippen molar-refractivity contribution in [1.29, 1.82) is 0 Å². The van der Waals surface area contributed by atoms with E-state index in [1.807, 2.05) is 20.8 Å². The summed E-state index contributed by atoms with van der Waals surface area (Å²) < 4.78 is 5.37. The van der Waals surface area contributed by atoms with Gasteiger partial charge in [0.25, 0.3) is 0 Å². The predicted molar refractivity (Wildman–Crippen MR) is 68.7 cm³/mol. The van der Waals surface area contributed by atoms with Gasteiger partial charge in [-0.05, 0) is 32.1 Å². The lowest BCUT2D eigenvalue weighted by Gasteiger charge is -2.26. The van der Waals surface area contributed by atoms with Crippen molar-refractivity contribution in [2.24, 2.45) is 0 Å². The molecule has 1 atom stereocenters. The second-order valence-electron chi connectivity index (χ2n) is 3.81. The van der Waals surface area contributed by atoms with E-state index in [1.165, 1.54) is 0 Å². The molecule has 1 aromatic carbocycles. The minimum atomic E-state index is -0.373. The van der Waals surface area contributed by atoms with Crippen LogP contribution in [0.1, 0.15) is 31.1 Å². The number of hydrogen-bond donors (Lipinski definition) is 1. The summed E-state index contributed by atoms with van der Waals surface area (Å²) in [6.07, 6.45) is -0.239. The number of nitrogens with zero attached hydrogens (tertiary/aromatic N) is 1. The molecule has 0 fully saturated rings. The van der Waals surface area contributed by atoms with Crippen LogP contribution in [-0.2, 0) is 4.74 Å². The molecule has 0 saturated heterocycles. The van der Waals surface area contributed by atoms with Crippen LogP contribution in [0.15, 0.2) is 24.3 Å². The summed E-state index contributed by atoms with van der Waals surface area (Å²) in [6.45, 7) is 7.61. The maximum absolute atomic E-state index is 11.9. The first-order chi connectivity index (χ1) is 8.10. The quantitative estimate of drug-likeness (QED) is 0.483. The van der Waals surface area contributed by atoms with Crippen LogP contribution in [0.25, 0.3) is 0 Å². The zero-order chi connectivity index (χ0) is 12.8. The molecule has 0 amide bonds. The van der Waals surface area contributed by atoms with Crippen LogP contribution >= 0.6 is 0 Å². The lowest BCUT2D eigenvalue weighted by molar-refractivity contribution is -0.0196. The fourth-order valence-electron chi connectivity index (χ4n) is 1.71. The Morgan fingerprint density at radius 1 is 1.35 bits per heavy atom. The van der Waals surface area contributed by atoms with Gasteiger partial charge in [-0.25, -0.2) is 4.79 Å². The number of nitrogen functional groups attached to an aromatic ring is 1. The zero-order valence-electron chi connectivity index (χ0n) is 10.6. The number of rotatable bonds is 5. The van der Waals surface area contributed by atoms with E-state index in [4.69, 9.17) is 10.5 Å². The second kappa shape index (κ2) is 6.25. The van der Waals surface area contributed by atoms with Crippen LogP contribution < -0.4 is 5.73 Å². The molecule has 0 bridgehead atoms. The molecule has 0 saturated carbocycles. The van der Waals surface area contributed by atoms with Crippen molar-refractivity contribution in [2.75, 3.05) is 18.8 Å². The number of esters is 1. The Morgan fingerprint density at radius 2 is 1.94 bits per heavy atom. The number of carbonyl (C=O) groups excluding carboxylic acids is 1. The van der Waals surface area contributed by atoms with Gasteiger partial charge < -0.3 is 10.5 Å². The Morgan fingerprint density at radius 3 is 2.47 bits per heavy atom. The summed E-state index contributed by atoms with van der Waals surface area (Å²) in [4.78, 5) is 13.9. The van der Waals surface area contributed by atoms with Crippen LogP contribution in [0, 0.1) is 0 Å². The molecule has 0 spiro atoms. The number of benzene rings is 1. The highest BCUT2D eigenvalue weighted by Gasteiger charge is 2.17. The summed E-state index contributed by atoms with van der Waals surface area (Å²) in [5.41, 5.74) is 6.59. The number of para-hydroxylation sites is 1. The summed E-state index contributed by atoms with van der Waals surface area (Å²) in [5.74, 6) is -0.373. The number of carbonyl (C=O) groups is 1. The maximum atomic E-state index is 11.9. The number of ether oxygens (including phenoxy) is 1. The van der Waals surface area contributed by atoms with E-state index in [1.54, 1.807) is 24.3 Å². The Balaban J connectivity index is 2.70. The van der Waals surface area contributed by atoms with Crippen molar-refractivity contribution in [3.63, 3.8) is 0 Å². The van der Waals surface area contributed by atoms with E-state index >= 15 is 0 Å². The molecular formula is C13H20N2O2. The molecule has 4 heteroatoms. The van der Waals surface area contributed by atoms with Crippen LogP contribution in [-0.4, -0.2) is 30.2 Å². The molecule has 0 aromatic heterocycles. The summed E-state index contributed by atoms with van der Waals surface area (Å²) in [7, 11) is 0. The van der Waals surface area contributed by atoms with E-state index in [0.717, 1.165) is 13.1 Å². The van der Waals surface area contributed by atoms with Gasteiger partial charge >= 0.3 is 5.97 Å². The fourth-order valence-corrected chi connectivity index (χ4v) is 1.71. The molecule has 0 aliphatic carbocycles. The van der Waals surface area contributed by atoms with Crippen LogP contribution in [0.2, 0.25) is 0 Å². The third-order valence-electron chi connectivity index (χ3n) is 2.78. The minimum absolute atomic E-state index is 0.239. The van der Waals surface area contributed by atoms with Crippen molar-refractivity contribution in [3.8, 4) is 0 Å². The first-order valence-electron chi connectivity index (χ1n) is 5.89. The number of anilines is 1. The molecule has 1 aromatic rings. The van der Waals surface area contributed by atoms with E-state index in [-0.39, 0.29) is 12.2 Å². The van der Waals surface area contributed by atoms with Gasteiger partial charge in [0.15, 0.2) is 6.23 Å². The average molecular weight is 236 g/mol. The summed E-state index contributed by atoms with van der Waals surface area (Å²) >= 11 is 0. The highest BCUT2D eigenvalue weighted by molar-refractivity contribution is 5.95. The van der Waals surface area contributed by atoms with Gasteiger partial charge in [0.2, 0.25) is 0 Å². The van der Waals surface area contributed by atoms with Gasteiger partial charge in [-0.2, -0.15) is 0 Å². The molecule has 17 heavy (non-hydrogen) atoms.